The van der Waals surface area contributed by atoms with E-state index >= 15 is 0 Å². The van der Waals surface area contributed by atoms with E-state index in [4.69, 9.17) is 21.7 Å². The van der Waals surface area contributed by atoms with Crippen molar-refractivity contribution in [1.82, 2.24) is 19.5 Å². The summed E-state index contributed by atoms with van der Waals surface area (Å²) in [7, 11) is -3.59. The number of nitrogens with zero attached hydrogens (tertiary/aromatic N) is 5. The van der Waals surface area contributed by atoms with Crippen molar-refractivity contribution < 1.29 is 18.3 Å². The lowest BCUT2D eigenvalue weighted by Crippen LogP contribution is -2.39. The molecular weight excluding hydrogens is 492 g/mol. The number of carbonyl (C=O) groups excluding carboxylic acids is 1. The smallest absolute Gasteiger partial charge is 0.256 e. The second-order valence-corrected chi connectivity index (χ2v) is 11.2. The zero-order chi connectivity index (χ0) is 24.7. The van der Waals surface area contributed by atoms with Gasteiger partial charge in [-0.05, 0) is 43.9 Å². The van der Waals surface area contributed by atoms with Crippen molar-refractivity contribution in [2.45, 2.75) is 38.3 Å². The van der Waals surface area contributed by atoms with Gasteiger partial charge in [-0.3, -0.25) is 9.52 Å². The molecule has 1 aromatic carbocycles. The molecule has 2 aliphatic heterocycles. The van der Waals surface area contributed by atoms with Crippen LogP contribution in [-0.4, -0.2) is 64.8 Å². The number of sulfonamides is 1. The molecule has 35 heavy (non-hydrogen) atoms. The Morgan fingerprint density at radius 3 is 2.66 bits per heavy atom. The van der Waals surface area contributed by atoms with E-state index in [1.54, 1.807) is 15.5 Å². The Labute approximate surface area is 208 Å². The van der Waals surface area contributed by atoms with Crippen molar-refractivity contribution >= 4 is 44.7 Å². The first-order valence-corrected chi connectivity index (χ1v) is 13.8. The predicted molar refractivity (Wildman–Crippen MR) is 133 cm³/mol. The minimum Gasteiger partial charge on any atom is -0.390 e. The molecule has 2 aliphatic rings. The van der Waals surface area contributed by atoms with Crippen molar-refractivity contribution in [2.75, 3.05) is 35.5 Å². The normalized spacial score (nSPS) is 18.5. The number of amides is 1. The molecule has 4 heterocycles. The van der Waals surface area contributed by atoms with Crippen LogP contribution in [0.1, 0.15) is 53.5 Å². The lowest BCUT2D eigenvalue weighted by molar-refractivity contribution is 0.0606. The molecule has 5 rings (SSSR count). The minimum atomic E-state index is -3.59. The Kier molecular flexibility index (Phi) is 6.32. The maximum atomic E-state index is 13.7. The van der Waals surface area contributed by atoms with Gasteiger partial charge >= 0.3 is 0 Å². The highest BCUT2D eigenvalue weighted by atomic mass is 35.5. The maximum Gasteiger partial charge on any atom is 0.256 e. The van der Waals surface area contributed by atoms with Crippen LogP contribution in [0.2, 0.25) is 5.02 Å². The van der Waals surface area contributed by atoms with Crippen LogP contribution in [-0.2, 0) is 16.6 Å². The Morgan fingerprint density at radius 1 is 1.17 bits per heavy atom. The molecule has 2 N–H and O–H groups in total. The third-order valence-electron chi connectivity index (χ3n) is 6.46. The molecule has 2 aromatic heterocycles. The molecule has 2 saturated heterocycles. The number of hydrogen-bond acceptors (Lipinski definition) is 7. The molecular formula is C23H27ClN6O4S. The van der Waals surface area contributed by atoms with E-state index in [0.29, 0.717) is 35.0 Å². The fourth-order valence-corrected chi connectivity index (χ4v) is 5.39. The number of nitrogens with one attached hydrogen (secondary N) is 1. The number of fused-ring (bicyclic) bond motifs is 1. The molecule has 0 radical (unpaired) electrons. The Morgan fingerprint density at radius 2 is 1.97 bits per heavy atom. The quantitative estimate of drug-likeness (QED) is 0.514. The molecule has 1 atom stereocenters. The first-order chi connectivity index (χ1) is 16.7. The summed E-state index contributed by atoms with van der Waals surface area (Å²) in [6, 6.07) is 7.92. The summed E-state index contributed by atoms with van der Waals surface area (Å²) in [5.74, 6) is 0.489. The van der Waals surface area contributed by atoms with Gasteiger partial charge in [0.2, 0.25) is 10.0 Å². The monoisotopic (exact) mass is 518 g/mol. The second kappa shape index (κ2) is 9.29. The van der Waals surface area contributed by atoms with E-state index in [-0.39, 0.29) is 29.8 Å². The Bertz CT molecular complexity index is 1390. The van der Waals surface area contributed by atoms with Gasteiger partial charge in [0.1, 0.15) is 5.82 Å². The lowest BCUT2D eigenvalue weighted by atomic mass is 9.98. The van der Waals surface area contributed by atoms with Gasteiger partial charge in [-0.2, -0.15) is 5.10 Å². The molecule has 12 heteroatoms. The lowest BCUT2D eigenvalue weighted by Gasteiger charge is -2.35. The number of carbonyl (C=O) groups is 1. The molecule has 10 nitrogen and oxygen atoms in total. The third-order valence-corrected chi connectivity index (χ3v) is 7.29. The minimum absolute atomic E-state index is 0.183. The van der Waals surface area contributed by atoms with Gasteiger partial charge in [-0.15, -0.1) is 0 Å². The number of aliphatic hydroxyl groups is 1. The number of rotatable bonds is 6. The summed E-state index contributed by atoms with van der Waals surface area (Å²) >= 11 is 6.17. The van der Waals surface area contributed by atoms with Crippen LogP contribution in [0.5, 0.6) is 0 Å². The summed E-state index contributed by atoms with van der Waals surface area (Å²) < 4.78 is 27.8. The van der Waals surface area contributed by atoms with Gasteiger partial charge in [0.15, 0.2) is 5.65 Å². The van der Waals surface area contributed by atoms with Crippen LogP contribution in [0, 0.1) is 0 Å². The molecule has 1 amide bonds. The maximum absolute atomic E-state index is 13.7. The van der Waals surface area contributed by atoms with Gasteiger partial charge in [-0.25, -0.2) is 17.9 Å². The number of likely N-dealkylation sites (tertiary alicyclic amines) is 1. The zero-order valence-corrected chi connectivity index (χ0v) is 20.9. The van der Waals surface area contributed by atoms with E-state index in [1.807, 2.05) is 12.1 Å². The number of benzene rings is 1. The van der Waals surface area contributed by atoms with Gasteiger partial charge in [-0.1, -0.05) is 11.6 Å². The van der Waals surface area contributed by atoms with Gasteiger partial charge < -0.3 is 14.9 Å². The highest BCUT2D eigenvalue weighted by Crippen LogP contribution is 2.34. The van der Waals surface area contributed by atoms with Gasteiger partial charge in [0, 0.05) is 36.8 Å². The first-order valence-electron chi connectivity index (χ1n) is 11.6. The predicted octanol–water partition coefficient (Wildman–Crippen LogP) is 2.82. The fraction of sp³-hybridized carbons (Fsp3) is 0.435. The van der Waals surface area contributed by atoms with E-state index in [0.717, 1.165) is 44.4 Å². The van der Waals surface area contributed by atoms with Crippen LogP contribution in [0.15, 0.2) is 30.3 Å². The number of piperidine rings is 1. The Balaban J connectivity index is 1.52. The summed E-state index contributed by atoms with van der Waals surface area (Å²) in [6.45, 7) is 2.19. The largest absolute Gasteiger partial charge is 0.390 e. The van der Waals surface area contributed by atoms with Crippen molar-refractivity contribution in [3.8, 4) is 0 Å². The second-order valence-electron chi connectivity index (χ2n) is 9.02. The van der Waals surface area contributed by atoms with E-state index in [9.17, 15) is 18.3 Å². The zero-order valence-electron chi connectivity index (χ0n) is 19.3. The Hall–Kier alpha value is -2.89. The average molecular weight is 519 g/mol. The van der Waals surface area contributed by atoms with Crippen LogP contribution >= 0.6 is 11.6 Å². The van der Waals surface area contributed by atoms with E-state index < -0.39 is 10.0 Å². The number of anilines is 2. The highest BCUT2D eigenvalue weighted by Gasteiger charge is 2.32. The van der Waals surface area contributed by atoms with Crippen LogP contribution in [0.25, 0.3) is 5.65 Å². The standard InChI is InChI=1S/C23H27ClN6O4S/c1-35(33,34)27-18-7-6-15(24)11-17(18)23(32)29-10-3-2-5-20(29)19-13-22-25-21(28-8-4-9-28)12-16(14-31)30(22)26-19/h6-7,11-13,20,27,31H,2-5,8-10,14H2,1H3. The van der Waals surface area contributed by atoms with Gasteiger partial charge in [0.05, 0.1) is 41.5 Å². The molecule has 186 valence electrons. The molecule has 0 aliphatic carbocycles. The SMILES string of the molecule is CS(=O)(=O)Nc1ccc(Cl)cc1C(=O)N1CCCCC1c1cc2nc(N3CCC3)cc(CO)n2n1. The van der Waals surface area contributed by atoms with E-state index in [1.165, 1.54) is 12.1 Å². The molecule has 1 unspecified atom stereocenters. The van der Waals surface area contributed by atoms with Crippen molar-refractivity contribution in [2.24, 2.45) is 0 Å². The summed E-state index contributed by atoms with van der Waals surface area (Å²) in [5, 5.41) is 15.0. The molecule has 0 saturated carbocycles. The average Bonchev–Trinajstić information content (AvgIpc) is 3.21. The summed E-state index contributed by atoms with van der Waals surface area (Å²) in [4.78, 5) is 22.3. The van der Waals surface area contributed by atoms with E-state index in [2.05, 4.69) is 9.62 Å². The van der Waals surface area contributed by atoms with Crippen molar-refractivity contribution in [3.05, 3.63) is 52.3 Å². The number of hydrogen-bond donors (Lipinski definition) is 2. The number of aromatic nitrogens is 3. The van der Waals surface area contributed by atoms with Crippen LogP contribution < -0.4 is 9.62 Å². The molecule has 0 bridgehead atoms. The highest BCUT2D eigenvalue weighted by molar-refractivity contribution is 7.92. The van der Waals surface area contributed by atoms with Gasteiger partial charge in [0.25, 0.3) is 5.91 Å². The molecule has 3 aromatic rings. The third kappa shape index (κ3) is 4.80. The van der Waals surface area contributed by atoms with Crippen molar-refractivity contribution in [1.29, 1.82) is 0 Å². The topological polar surface area (TPSA) is 120 Å². The fourth-order valence-electron chi connectivity index (χ4n) is 4.64. The van der Waals surface area contributed by atoms with Crippen LogP contribution in [0.4, 0.5) is 11.5 Å². The first kappa shape index (κ1) is 23.8. The number of halogens is 1. The summed E-state index contributed by atoms with van der Waals surface area (Å²) in [5.41, 5.74) is 2.30. The van der Waals surface area contributed by atoms with Crippen molar-refractivity contribution in [3.63, 3.8) is 0 Å². The number of aliphatic hydroxyl groups excluding tert-OH is 1. The summed E-state index contributed by atoms with van der Waals surface area (Å²) in [6.07, 6.45) is 4.61. The molecule has 0 spiro atoms. The molecule has 2 fully saturated rings. The van der Waals surface area contributed by atoms with Crippen LogP contribution in [0.3, 0.4) is 0 Å².